The molecule has 1 aromatic carbocycles. The molecule has 0 amide bonds. The van der Waals surface area contributed by atoms with Gasteiger partial charge in [-0.25, -0.2) is 9.98 Å². The summed E-state index contributed by atoms with van der Waals surface area (Å²) in [4.78, 5) is 14.2. The van der Waals surface area contributed by atoms with Crippen molar-refractivity contribution >= 4 is 11.8 Å². The molecular formula is C24H33N5O2. The average Bonchev–Trinajstić information content (AvgIpc) is 2.83. The Balaban J connectivity index is 1.50. The van der Waals surface area contributed by atoms with E-state index in [1.165, 1.54) is 11.1 Å². The van der Waals surface area contributed by atoms with Crippen molar-refractivity contribution in [3.8, 4) is 0 Å². The highest BCUT2D eigenvalue weighted by atomic mass is 16.5. The third-order valence-corrected chi connectivity index (χ3v) is 5.81. The SMILES string of the molecule is CCNC(=NCc1cccnc1N1CCOCC1)N1CCOC(c2ccccc2C)C1. The first kappa shape index (κ1) is 21.6. The van der Waals surface area contributed by atoms with Crippen LogP contribution >= 0.6 is 0 Å². The lowest BCUT2D eigenvalue weighted by Gasteiger charge is -2.36. The first-order valence-corrected chi connectivity index (χ1v) is 11.2. The summed E-state index contributed by atoms with van der Waals surface area (Å²) in [5.74, 6) is 1.95. The summed E-state index contributed by atoms with van der Waals surface area (Å²) in [6.07, 6.45) is 1.92. The maximum absolute atomic E-state index is 6.11. The Hall–Kier alpha value is -2.64. The minimum Gasteiger partial charge on any atom is -0.378 e. The lowest BCUT2D eigenvalue weighted by molar-refractivity contribution is -0.00834. The van der Waals surface area contributed by atoms with Crippen LogP contribution in [0.1, 0.15) is 29.7 Å². The van der Waals surface area contributed by atoms with Gasteiger partial charge < -0.3 is 24.6 Å². The van der Waals surface area contributed by atoms with Crippen molar-refractivity contribution in [1.82, 2.24) is 15.2 Å². The molecule has 0 radical (unpaired) electrons. The number of guanidine groups is 1. The topological polar surface area (TPSA) is 62.2 Å². The van der Waals surface area contributed by atoms with Crippen LogP contribution in [0, 0.1) is 6.92 Å². The number of nitrogens with zero attached hydrogens (tertiary/aromatic N) is 4. The molecule has 0 saturated carbocycles. The Morgan fingerprint density at radius 1 is 1.13 bits per heavy atom. The molecule has 0 aliphatic carbocycles. The summed E-state index contributed by atoms with van der Waals surface area (Å²) in [5.41, 5.74) is 3.66. The summed E-state index contributed by atoms with van der Waals surface area (Å²) in [6.45, 7) is 11.2. The second-order valence-electron chi connectivity index (χ2n) is 7.92. The largest absolute Gasteiger partial charge is 0.378 e. The number of rotatable bonds is 5. The van der Waals surface area contributed by atoms with Crippen LogP contribution in [0.4, 0.5) is 5.82 Å². The lowest BCUT2D eigenvalue weighted by Crippen LogP contribution is -2.48. The number of morpholine rings is 2. The summed E-state index contributed by atoms with van der Waals surface area (Å²) in [5, 5.41) is 3.47. The van der Waals surface area contributed by atoms with Crippen molar-refractivity contribution in [2.45, 2.75) is 26.5 Å². The van der Waals surface area contributed by atoms with Crippen LogP contribution in [-0.4, -0.2) is 68.4 Å². The zero-order chi connectivity index (χ0) is 21.5. The van der Waals surface area contributed by atoms with Gasteiger partial charge in [0.05, 0.1) is 32.9 Å². The molecule has 0 spiro atoms. The molecule has 166 valence electrons. The van der Waals surface area contributed by atoms with Crippen molar-refractivity contribution in [3.63, 3.8) is 0 Å². The van der Waals surface area contributed by atoms with Gasteiger partial charge in [0.25, 0.3) is 0 Å². The van der Waals surface area contributed by atoms with E-state index < -0.39 is 0 Å². The molecule has 1 N–H and O–H groups in total. The van der Waals surface area contributed by atoms with Gasteiger partial charge in [-0.1, -0.05) is 30.3 Å². The van der Waals surface area contributed by atoms with Crippen molar-refractivity contribution < 1.29 is 9.47 Å². The molecule has 2 saturated heterocycles. The van der Waals surface area contributed by atoms with Gasteiger partial charge in [0, 0.05) is 37.9 Å². The van der Waals surface area contributed by atoms with E-state index in [1.54, 1.807) is 0 Å². The van der Waals surface area contributed by atoms with Crippen molar-refractivity contribution in [2.24, 2.45) is 4.99 Å². The molecule has 7 nitrogen and oxygen atoms in total. The second-order valence-corrected chi connectivity index (χ2v) is 7.92. The number of nitrogens with one attached hydrogen (secondary N) is 1. The number of hydrogen-bond acceptors (Lipinski definition) is 5. The van der Waals surface area contributed by atoms with Crippen LogP contribution in [-0.2, 0) is 16.0 Å². The van der Waals surface area contributed by atoms with E-state index in [0.717, 1.165) is 63.3 Å². The Labute approximate surface area is 185 Å². The van der Waals surface area contributed by atoms with Gasteiger partial charge in [-0.2, -0.15) is 0 Å². The molecule has 2 aromatic rings. The van der Waals surface area contributed by atoms with Crippen molar-refractivity contribution in [2.75, 3.05) is 57.4 Å². The van der Waals surface area contributed by atoms with Crippen LogP contribution in [0.25, 0.3) is 0 Å². The first-order chi connectivity index (χ1) is 15.3. The van der Waals surface area contributed by atoms with Gasteiger partial charge in [-0.15, -0.1) is 0 Å². The number of aryl methyl sites for hydroxylation is 1. The summed E-state index contributed by atoms with van der Waals surface area (Å²) in [6, 6.07) is 12.6. The van der Waals surface area contributed by atoms with Gasteiger partial charge in [0.1, 0.15) is 11.9 Å². The van der Waals surface area contributed by atoms with Gasteiger partial charge in [-0.05, 0) is 31.0 Å². The molecule has 2 fully saturated rings. The van der Waals surface area contributed by atoms with Gasteiger partial charge >= 0.3 is 0 Å². The van der Waals surface area contributed by atoms with Crippen LogP contribution < -0.4 is 10.2 Å². The molecule has 0 bridgehead atoms. The second kappa shape index (κ2) is 10.6. The smallest absolute Gasteiger partial charge is 0.194 e. The number of anilines is 1. The van der Waals surface area contributed by atoms with E-state index >= 15 is 0 Å². The summed E-state index contributed by atoms with van der Waals surface area (Å²) < 4.78 is 11.6. The molecule has 4 rings (SSSR count). The van der Waals surface area contributed by atoms with Crippen molar-refractivity contribution in [1.29, 1.82) is 0 Å². The normalized spacial score (nSPS) is 20.1. The highest BCUT2D eigenvalue weighted by Gasteiger charge is 2.25. The predicted molar refractivity (Wildman–Crippen MR) is 124 cm³/mol. The van der Waals surface area contributed by atoms with Crippen LogP contribution in [0.2, 0.25) is 0 Å². The molecule has 1 unspecified atom stereocenters. The van der Waals surface area contributed by atoms with Crippen LogP contribution in [0.3, 0.4) is 0 Å². The number of aromatic nitrogens is 1. The lowest BCUT2D eigenvalue weighted by atomic mass is 10.0. The van der Waals surface area contributed by atoms with Gasteiger partial charge in [0.2, 0.25) is 0 Å². The van der Waals surface area contributed by atoms with Crippen LogP contribution in [0.15, 0.2) is 47.6 Å². The van der Waals surface area contributed by atoms with Crippen LogP contribution in [0.5, 0.6) is 0 Å². The predicted octanol–water partition coefficient (Wildman–Crippen LogP) is 2.77. The fourth-order valence-electron chi connectivity index (χ4n) is 4.18. The molecule has 7 heteroatoms. The molecule has 3 heterocycles. The minimum absolute atomic E-state index is 0.0566. The van der Waals surface area contributed by atoms with Gasteiger partial charge in [-0.3, -0.25) is 0 Å². The van der Waals surface area contributed by atoms with E-state index in [-0.39, 0.29) is 6.10 Å². The highest BCUT2D eigenvalue weighted by molar-refractivity contribution is 5.80. The Bertz CT molecular complexity index is 882. The quantitative estimate of drug-likeness (QED) is 0.589. The van der Waals surface area contributed by atoms with E-state index in [1.807, 2.05) is 12.3 Å². The standard InChI is InChI=1S/C24H33N5O2/c1-3-25-24(29-13-16-31-22(18-29)21-9-5-4-7-19(21)2)27-17-20-8-6-10-26-23(20)28-11-14-30-15-12-28/h4-10,22H,3,11-18H2,1-2H3,(H,25,27). The fourth-order valence-corrected chi connectivity index (χ4v) is 4.18. The molecular weight excluding hydrogens is 390 g/mol. The number of ether oxygens (including phenoxy) is 2. The number of aliphatic imine (C=N–C) groups is 1. The first-order valence-electron chi connectivity index (χ1n) is 11.2. The average molecular weight is 424 g/mol. The van der Waals surface area contributed by atoms with Crippen molar-refractivity contribution in [3.05, 3.63) is 59.3 Å². The highest BCUT2D eigenvalue weighted by Crippen LogP contribution is 2.25. The monoisotopic (exact) mass is 423 g/mol. The zero-order valence-corrected chi connectivity index (χ0v) is 18.6. The minimum atomic E-state index is 0.0566. The third kappa shape index (κ3) is 5.35. The molecule has 2 aliphatic heterocycles. The maximum atomic E-state index is 6.11. The van der Waals surface area contributed by atoms with E-state index in [2.05, 4.69) is 64.3 Å². The fraction of sp³-hybridized carbons (Fsp3) is 0.500. The summed E-state index contributed by atoms with van der Waals surface area (Å²) in [7, 11) is 0. The number of hydrogen-bond donors (Lipinski definition) is 1. The molecule has 1 aromatic heterocycles. The Morgan fingerprint density at radius 3 is 2.77 bits per heavy atom. The van der Waals surface area contributed by atoms with E-state index in [0.29, 0.717) is 13.2 Å². The van der Waals surface area contributed by atoms with E-state index in [9.17, 15) is 0 Å². The summed E-state index contributed by atoms with van der Waals surface area (Å²) >= 11 is 0. The third-order valence-electron chi connectivity index (χ3n) is 5.81. The molecule has 2 aliphatic rings. The van der Waals surface area contributed by atoms with Gasteiger partial charge in [0.15, 0.2) is 5.96 Å². The maximum Gasteiger partial charge on any atom is 0.194 e. The Morgan fingerprint density at radius 2 is 1.97 bits per heavy atom. The zero-order valence-electron chi connectivity index (χ0n) is 18.6. The van der Waals surface area contributed by atoms with E-state index in [4.69, 9.17) is 14.5 Å². The number of benzene rings is 1. The Kier molecular flexibility index (Phi) is 7.38. The molecule has 1 atom stereocenters. The molecule has 31 heavy (non-hydrogen) atoms. The number of pyridine rings is 1.